The van der Waals surface area contributed by atoms with Gasteiger partial charge in [0.1, 0.15) is 24.0 Å². The molecule has 19 heavy (non-hydrogen) atoms. The average molecular weight is 260 g/mol. The summed E-state index contributed by atoms with van der Waals surface area (Å²) in [5.41, 5.74) is 1.62. The van der Waals surface area contributed by atoms with Gasteiger partial charge in [0.05, 0.1) is 5.69 Å². The van der Waals surface area contributed by atoms with Gasteiger partial charge < -0.3 is 10.1 Å². The van der Waals surface area contributed by atoms with Crippen molar-refractivity contribution < 1.29 is 9.13 Å². The molecule has 0 amide bonds. The van der Waals surface area contributed by atoms with Crippen LogP contribution in [-0.4, -0.2) is 11.5 Å². The summed E-state index contributed by atoms with van der Waals surface area (Å²) in [5.74, 6) is 1.26. The molecule has 0 atom stereocenters. The molecule has 1 heterocycles. The van der Waals surface area contributed by atoms with Crippen LogP contribution in [0.2, 0.25) is 0 Å². The number of benzene rings is 1. The fourth-order valence-electron chi connectivity index (χ4n) is 1.77. The Labute approximate surface area is 112 Å². The highest BCUT2D eigenvalue weighted by molar-refractivity contribution is 5.35. The zero-order valence-electron chi connectivity index (χ0n) is 11.1. The van der Waals surface area contributed by atoms with Gasteiger partial charge in [0, 0.05) is 6.54 Å². The number of hydrogen-bond acceptors (Lipinski definition) is 3. The zero-order chi connectivity index (χ0) is 13.7. The summed E-state index contributed by atoms with van der Waals surface area (Å²) >= 11 is 0. The van der Waals surface area contributed by atoms with E-state index in [2.05, 4.69) is 10.3 Å². The SMILES string of the molecule is CCNc1cccc(COc2ccc(F)cc2C)n1. The fourth-order valence-corrected chi connectivity index (χ4v) is 1.77. The summed E-state index contributed by atoms with van der Waals surface area (Å²) in [6.45, 7) is 5.04. The molecule has 0 unspecified atom stereocenters. The first-order valence-corrected chi connectivity index (χ1v) is 6.28. The van der Waals surface area contributed by atoms with Crippen molar-refractivity contribution in [2.24, 2.45) is 0 Å². The third kappa shape index (κ3) is 3.68. The van der Waals surface area contributed by atoms with Gasteiger partial charge in [0.2, 0.25) is 0 Å². The number of aromatic nitrogens is 1. The minimum atomic E-state index is -0.253. The van der Waals surface area contributed by atoms with Crippen LogP contribution < -0.4 is 10.1 Å². The van der Waals surface area contributed by atoms with E-state index in [9.17, 15) is 4.39 Å². The smallest absolute Gasteiger partial charge is 0.130 e. The van der Waals surface area contributed by atoms with E-state index in [1.807, 2.05) is 32.0 Å². The highest BCUT2D eigenvalue weighted by Gasteiger charge is 2.03. The number of nitrogens with one attached hydrogen (secondary N) is 1. The second-order valence-electron chi connectivity index (χ2n) is 4.24. The van der Waals surface area contributed by atoms with Gasteiger partial charge in [-0.3, -0.25) is 0 Å². The van der Waals surface area contributed by atoms with E-state index in [0.717, 1.165) is 23.6 Å². The van der Waals surface area contributed by atoms with Gasteiger partial charge >= 0.3 is 0 Å². The van der Waals surface area contributed by atoms with Gasteiger partial charge in [-0.15, -0.1) is 0 Å². The molecule has 0 aliphatic heterocycles. The molecule has 2 rings (SSSR count). The van der Waals surface area contributed by atoms with Crippen LogP contribution in [-0.2, 0) is 6.61 Å². The van der Waals surface area contributed by atoms with E-state index in [-0.39, 0.29) is 5.82 Å². The number of hydrogen-bond donors (Lipinski definition) is 1. The lowest BCUT2D eigenvalue weighted by molar-refractivity contribution is 0.299. The van der Waals surface area contributed by atoms with Crippen LogP contribution in [0.1, 0.15) is 18.2 Å². The summed E-state index contributed by atoms with van der Waals surface area (Å²) < 4.78 is 18.6. The molecule has 0 aliphatic carbocycles. The Balaban J connectivity index is 2.03. The number of halogens is 1. The molecular formula is C15H17FN2O. The lowest BCUT2D eigenvalue weighted by Gasteiger charge is -2.09. The predicted molar refractivity (Wildman–Crippen MR) is 73.9 cm³/mol. The molecule has 2 aromatic rings. The molecule has 0 saturated carbocycles. The second kappa shape index (κ2) is 6.18. The van der Waals surface area contributed by atoms with Crippen LogP contribution in [0.4, 0.5) is 10.2 Å². The van der Waals surface area contributed by atoms with Gasteiger partial charge in [-0.2, -0.15) is 0 Å². The first kappa shape index (κ1) is 13.3. The molecule has 1 aromatic carbocycles. The van der Waals surface area contributed by atoms with Crippen LogP contribution in [0.15, 0.2) is 36.4 Å². The summed E-state index contributed by atoms with van der Waals surface area (Å²) in [4.78, 5) is 4.41. The maximum Gasteiger partial charge on any atom is 0.130 e. The van der Waals surface area contributed by atoms with Gasteiger partial charge in [0.25, 0.3) is 0 Å². The van der Waals surface area contributed by atoms with Crippen molar-refractivity contribution in [1.29, 1.82) is 0 Å². The van der Waals surface area contributed by atoms with Crippen molar-refractivity contribution in [1.82, 2.24) is 4.98 Å². The quantitative estimate of drug-likeness (QED) is 0.892. The van der Waals surface area contributed by atoms with Crippen LogP contribution in [0.25, 0.3) is 0 Å². The van der Waals surface area contributed by atoms with E-state index in [4.69, 9.17) is 4.74 Å². The van der Waals surface area contributed by atoms with Crippen LogP contribution in [0.3, 0.4) is 0 Å². The Morgan fingerprint density at radius 3 is 2.84 bits per heavy atom. The molecule has 0 aliphatic rings. The Morgan fingerprint density at radius 2 is 2.11 bits per heavy atom. The summed E-state index contributed by atoms with van der Waals surface area (Å²) in [6.07, 6.45) is 0. The maximum atomic E-state index is 13.0. The van der Waals surface area contributed by atoms with Crippen LogP contribution >= 0.6 is 0 Å². The highest BCUT2D eigenvalue weighted by Crippen LogP contribution is 2.19. The Kier molecular flexibility index (Phi) is 4.34. The minimum absolute atomic E-state index is 0.253. The largest absolute Gasteiger partial charge is 0.487 e. The molecule has 0 spiro atoms. The summed E-state index contributed by atoms with van der Waals surface area (Å²) in [6, 6.07) is 10.2. The van der Waals surface area contributed by atoms with E-state index < -0.39 is 0 Å². The number of anilines is 1. The monoisotopic (exact) mass is 260 g/mol. The van der Waals surface area contributed by atoms with Gasteiger partial charge in [0.15, 0.2) is 0 Å². The molecule has 0 saturated heterocycles. The number of aryl methyl sites for hydroxylation is 1. The Bertz CT molecular complexity index is 558. The second-order valence-corrected chi connectivity index (χ2v) is 4.24. The topological polar surface area (TPSA) is 34.1 Å². The normalized spacial score (nSPS) is 10.3. The molecule has 4 heteroatoms. The van der Waals surface area contributed by atoms with Gasteiger partial charge in [-0.25, -0.2) is 9.37 Å². The van der Waals surface area contributed by atoms with Crippen molar-refractivity contribution in [3.05, 3.63) is 53.5 Å². The molecule has 0 bridgehead atoms. The Hall–Kier alpha value is -2.10. The van der Waals surface area contributed by atoms with E-state index in [1.54, 1.807) is 6.07 Å². The van der Waals surface area contributed by atoms with Gasteiger partial charge in [-0.1, -0.05) is 6.07 Å². The fraction of sp³-hybridized carbons (Fsp3) is 0.267. The van der Waals surface area contributed by atoms with Crippen molar-refractivity contribution in [3.63, 3.8) is 0 Å². The first-order valence-electron chi connectivity index (χ1n) is 6.28. The predicted octanol–water partition coefficient (Wildman–Crippen LogP) is 3.54. The van der Waals surface area contributed by atoms with E-state index in [1.165, 1.54) is 12.1 Å². The molecule has 3 nitrogen and oxygen atoms in total. The highest BCUT2D eigenvalue weighted by atomic mass is 19.1. The van der Waals surface area contributed by atoms with Crippen molar-refractivity contribution in [2.75, 3.05) is 11.9 Å². The van der Waals surface area contributed by atoms with Crippen LogP contribution in [0, 0.1) is 12.7 Å². The average Bonchev–Trinajstić information content (AvgIpc) is 2.38. The third-order valence-corrected chi connectivity index (χ3v) is 2.68. The molecule has 1 N–H and O–H groups in total. The Morgan fingerprint density at radius 1 is 1.26 bits per heavy atom. The van der Waals surface area contributed by atoms with Gasteiger partial charge in [-0.05, 0) is 49.7 Å². The molecule has 0 radical (unpaired) electrons. The zero-order valence-corrected chi connectivity index (χ0v) is 11.1. The first-order chi connectivity index (χ1) is 9.19. The summed E-state index contributed by atoms with van der Waals surface area (Å²) in [5, 5.41) is 3.15. The van der Waals surface area contributed by atoms with Crippen molar-refractivity contribution >= 4 is 5.82 Å². The lowest BCUT2D eigenvalue weighted by atomic mass is 10.2. The molecular weight excluding hydrogens is 243 g/mol. The molecule has 100 valence electrons. The third-order valence-electron chi connectivity index (χ3n) is 2.68. The van der Waals surface area contributed by atoms with E-state index >= 15 is 0 Å². The molecule has 0 fully saturated rings. The number of nitrogens with zero attached hydrogens (tertiary/aromatic N) is 1. The summed E-state index contributed by atoms with van der Waals surface area (Å²) in [7, 11) is 0. The molecule has 1 aromatic heterocycles. The number of rotatable bonds is 5. The van der Waals surface area contributed by atoms with Crippen molar-refractivity contribution in [3.8, 4) is 5.75 Å². The number of pyridine rings is 1. The lowest BCUT2D eigenvalue weighted by Crippen LogP contribution is -2.04. The standard InChI is InChI=1S/C15H17FN2O/c1-3-17-15-6-4-5-13(18-15)10-19-14-8-7-12(16)9-11(14)2/h4-9H,3,10H2,1-2H3,(H,17,18). The van der Waals surface area contributed by atoms with Crippen LogP contribution in [0.5, 0.6) is 5.75 Å². The van der Waals surface area contributed by atoms with Crippen molar-refractivity contribution in [2.45, 2.75) is 20.5 Å². The van der Waals surface area contributed by atoms with E-state index in [0.29, 0.717) is 12.4 Å². The minimum Gasteiger partial charge on any atom is -0.487 e. The number of ether oxygens (including phenoxy) is 1. The maximum absolute atomic E-state index is 13.0.